The highest BCUT2D eigenvalue weighted by molar-refractivity contribution is 4.90. The van der Waals surface area contributed by atoms with Crippen molar-refractivity contribution in [1.29, 1.82) is 0 Å². The third-order valence-electron chi connectivity index (χ3n) is 3.62. The molecule has 0 aliphatic heterocycles. The number of hydrogen-bond donors (Lipinski definition) is 2. The second-order valence-corrected chi connectivity index (χ2v) is 4.94. The highest BCUT2D eigenvalue weighted by Gasteiger charge is 2.33. The second-order valence-electron chi connectivity index (χ2n) is 4.94. The second kappa shape index (κ2) is 3.58. The molecule has 2 heteroatoms. The van der Waals surface area contributed by atoms with Crippen LogP contribution in [0.1, 0.15) is 45.4 Å². The maximum atomic E-state index is 10.1. The monoisotopic (exact) mass is 183 g/mol. The van der Waals surface area contributed by atoms with Crippen molar-refractivity contribution in [2.24, 2.45) is 5.92 Å². The summed E-state index contributed by atoms with van der Waals surface area (Å²) in [6.07, 6.45) is 7.17. The molecule has 0 radical (unpaired) electrons. The van der Waals surface area contributed by atoms with Gasteiger partial charge in [-0.15, -0.1) is 0 Å². The van der Waals surface area contributed by atoms with Gasteiger partial charge >= 0.3 is 0 Å². The molecule has 0 aromatic heterocycles. The van der Waals surface area contributed by atoms with E-state index in [4.69, 9.17) is 0 Å². The highest BCUT2D eigenvalue weighted by atomic mass is 16.3. The van der Waals surface area contributed by atoms with Gasteiger partial charge in [0.15, 0.2) is 0 Å². The van der Waals surface area contributed by atoms with Gasteiger partial charge in [0.25, 0.3) is 0 Å². The van der Waals surface area contributed by atoms with Gasteiger partial charge in [-0.1, -0.05) is 12.8 Å². The zero-order valence-electron chi connectivity index (χ0n) is 8.55. The molecule has 13 heavy (non-hydrogen) atoms. The Morgan fingerprint density at radius 1 is 1.38 bits per heavy atom. The number of hydrogen-bond acceptors (Lipinski definition) is 2. The Balaban J connectivity index is 1.70. The SMILES string of the molecule is CC(NCC1(O)CCCC1)C1CC1. The van der Waals surface area contributed by atoms with Crippen LogP contribution in [0.2, 0.25) is 0 Å². The molecule has 76 valence electrons. The normalized spacial score (nSPS) is 29.1. The Morgan fingerprint density at radius 3 is 2.54 bits per heavy atom. The molecule has 2 fully saturated rings. The van der Waals surface area contributed by atoms with Crippen molar-refractivity contribution in [2.75, 3.05) is 6.54 Å². The van der Waals surface area contributed by atoms with E-state index in [1.807, 2.05) is 0 Å². The predicted octanol–water partition coefficient (Wildman–Crippen LogP) is 1.68. The van der Waals surface area contributed by atoms with Crippen LogP contribution in [-0.2, 0) is 0 Å². The topological polar surface area (TPSA) is 32.3 Å². The lowest BCUT2D eigenvalue weighted by molar-refractivity contribution is 0.0447. The molecule has 2 rings (SSSR count). The first-order chi connectivity index (χ1) is 6.20. The summed E-state index contributed by atoms with van der Waals surface area (Å²) in [4.78, 5) is 0. The van der Waals surface area contributed by atoms with Crippen LogP contribution in [0.15, 0.2) is 0 Å². The molecule has 0 aromatic carbocycles. The summed E-state index contributed by atoms with van der Waals surface area (Å²) in [5.41, 5.74) is -0.372. The Hall–Kier alpha value is -0.0800. The summed E-state index contributed by atoms with van der Waals surface area (Å²) in [6, 6.07) is 0.615. The molecule has 0 aromatic rings. The molecule has 0 bridgehead atoms. The molecule has 1 unspecified atom stereocenters. The van der Waals surface area contributed by atoms with E-state index in [0.29, 0.717) is 6.04 Å². The summed E-state index contributed by atoms with van der Waals surface area (Å²) >= 11 is 0. The van der Waals surface area contributed by atoms with E-state index >= 15 is 0 Å². The minimum absolute atomic E-state index is 0.372. The quantitative estimate of drug-likeness (QED) is 0.695. The van der Waals surface area contributed by atoms with E-state index < -0.39 is 0 Å². The van der Waals surface area contributed by atoms with Gasteiger partial charge in [-0.2, -0.15) is 0 Å². The van der Waals surface area contributed by atoms with E-state index in [-0.39, 0.29) is 5.60 Å². The lowest BCUT2D eigenvalue weighted by Crippen LogP contribution is -2.42. The highest BCUT2D eigenvalue weighted by Crippen LogP contribution is 2.33. The van der Waals surface area contributed by atoms with Crippen molar-refractivity contribution in [2.45, 2.75) is 57.1 Å². The molecule has 0 spiro atoms. The summed E-state index contributed by atoms with van der Waals surface area (Å²) in [5, 5.41) is 13.6. The molecule has 2 saturated carbocycles. The molecule has 0 heterocycles. The fraction of sp³-hybridized carbons (Fsp3) is 1.00. The third-order valence-corrected chi connectivity index (χ3v) is 3.62. The summed E-state index contributed by atoms with van der Waals surface area (Å²) in [5.74, 6) is 0.894. The van der Waals surface area contributed by atoms with Gasteiger partial charge in [0.05, 0.1) is 5.60 Å². The minimum atomic E-state index is -0.372. The van der Waals surface area contributed by atoms with Gasteiger partial charge in [0, 0.05) is 12.6 Å². The molecule has 0 saturated heterocycles. The molecule has 0 amide bonds. The van der Waals surface area contributed by atoms with Gasteiger partial charge in [0.1, 0.15) is 0 Å². The van der Waals surface area contributed by atoms with Crippen LogP contribution in [0.4, 0.5) is 0 Å². The van der Waals surface area contributed by atoms with Crippen molar-refractivity contribution in [3.8, 4) is 0 Å². The van der Waals surface area contributed by atoms with Crippen LogP contribution in [0.3, 0.4) is 0 Å². The smallest absolute Gasteiger partial charge is 0.0771 e. The van der Waals surface area contributed by atoms with Crippen LogP contribution >= 0.6 is 0 Å². The first-order valence-corrected chi connectivity index (χ1v) is 5.65. The Bertz CT molecular complexity index is 171. The van der Waals surface area contributed by atoms with E-state index in [1.165, 1.54) is 25.7 Å². The van der Waals surface area contributed by atoms with Crippen LogP contribution in [0.5, 0.6) is 0 Å². The Morgan fingerprint density at radius 2 is 2.00 bits per heavy atom. The molecule has 2 aliphatic rings. The lowest BCUT2D eigenvalue weighted by atomic mass is 10.0. The zero-order valence-corrected chi connectivity index (χ0v) is 8.55. The molecular formula is C11H21NO. The predicted molar refractivity (Wildman–Crippen MR) is 53.6 cm³/mol. The minimum Gasteiger partial charge on any atom is -0.389 e. The molecular weight excluding hydrogens is 162 g/mol. The summed E-state index contributed by atoms with van der Waals surface area (Å²) in [7, 11) is 0. The van der Waals surface area contributed by atoms with Crippen LogP contribution in [-0.4, -0.2) is 23.3 Å². The fourth-order valence-corrected chi connectivity index (χ4v) is 2.32. The lowest BCUT2D eigenvalue weighted by Gasteiger charge is -2.25. The van der Waals surface area contributed by atoms with Gasteiger partial charge in [-0.3, -0.25) is 0 Å². The molecule has 2 nitrogen and oxygen atoms in total. The largest absolute Gasteiger partial charge is 0.389 e. The molecule has 2 aliphatic carbocycles. The zero-order chi connectivity index (χ0) is 9.31. The number of rotatable bonds is 4. The average Bonchev–Trinajstić information content (AvgIpc) is 2.87. The Labute approximate surface area is 80.7 Å². The maximum Gasteiger partial charge on any atom is 0.0771 e. The van der Waals surface area contributed by atoms with E-state index in [1.54, 1.807) is 0 Å². The van der Waals surface area contributed by atoms with Gasteiger partial charge < -0.3 is 10.4 Å². The standard InChI is InChI=1S/C11H21NO/c1-9(10-4-5-10)12-8-11(13)6-2-3-7-11/h9-10,12-13H,2-8H2,1H3. The summed E-state index contributed by atoms with van der Waals surface area (Å²) in [6.45, 7) is 3.06. The first kappa shape index (κ1) is 9.47. The van der Waals surface area contributed by atoms with Crippen molar-refractivity contribution in [3.05, 3.63) is 0 Å². The maximum absolute atomic E-state index is 10.1. The average molecular weight is 183 g/mol. The van der Waals surface area contributed by atoms with Crippen molar-refractivity contribution < 1.29 is 5.11 Å². The van der Waals surface area contributed by atoms with Crippen molar-refractivity contribution >= 4 is 0 Å². The van der Waals surface area contributed by atoms with Gasteiger partial charge in [-0.25, -0.2) is 0 Å². The third kappa shape index (κ3) is 2.44. The summed E-state index contributed by atoms with van der Waals surface area (Å²) < 4.78 is 0. The number of nitrogens with one attached hydrogen (secondary N) is 1. The first-order valence-electron chi connectivity index (χ1n) is 5.65. The van der Waals surface area contributed by atoms with E-state index in [2.05, 4.69) is 12.2 Å². The van der Waals surface area contributed by atoms with Crippen molar-refractivity contribution in [1.82, 2.24) is 5.32 Å². The fourth-order valence-electron chi connectivity index (χ4n) is 2.32. The van der Waals surface area contributed by atoms with Crippen LogP contribution in [0.25, 0.3) is 0 Å². The molecule has 1 atom stereocenters. The number of aliphatic hydroxyl groups is 1. The van der Waals surface area contributed by atoms with Gasteiger partial charge in [-0.05, 0) is 38.5 Å². The van der Waals surface area contributed by atoms with Crippen LogP contribution < -0.4 is 5.32 Å². The van der Waals surface area contributed by atoms with Crippen molar-refractivity contribution in [3.63, 3.8) is 0 Å². The Kier molecular flexibility index (Phi) is 2.61. The van der Waals surface area contributed by atoms with Crippen LogP contribution in [0, 0.1) is 5.92 Å². The van der Waals surface area contributed by atoms with E-state index in [9.17, 15) is 5.11 Å². The van der Waals surface area contributed by atoms with Gasteiger partial charge in [0.2, 0.25) is 0 Å². The molecule has 2 N–H and O–H groups in total. The van der Waals surface area contributed by atoms with E-state index in [0.717, 1.165) is 25.3 Å².